The number of piperidine rings is 1. The SMILES string of the molecule is O=C(c1ccc(S(=O)(=O)NCCc2cccs2)cc1)N1CCC(c2nnc3ccccn23)CC1. The predicted octanol–water partition coefficient (Wildman–Crippen LogP) is 3.33. The normalized spacial score (nSPS) is 15.1. The minimum absolute atomic E-state index is 0.0841. The fraction of sp³-hybridized carbons (Fsp3) is 0.292. The second kappa shape index (κ2) is 9.65. The number of aromatic nitrogens is 3. The lowest BCUT2D eigenvalue weighted by atomic mass is 9.95. The Bertz CT molecular complexity index is 1370. The summed E-state index contributed by atoms with van der Waals surface area (Å²) in [6.45, 7) is 1.57. The summed E-state index contributed by atoms with van der Waals surface area (Å²) in [5, 5.41) is 10.6. The van der Waals surface area contributed by atoms with Gasteiger partial charge in [0.15, 0.2) is 5.65 Å². The van der Waals surface area contributed by atoms with E-state index in [0.717, 1.165) is 29.2 Å². The van der Waals surface area contributed by atoms with Gasteiger partial charge in [0, 0.05) is 42.2 Å². The van der Waals surface area contributed by atoms with E-state index < -0.39 is 10.0 Å². The first kappa shape index (κ1) is 22.7. The molecule has 1 N–H and O–H groups in total. The molecule has 34 heavy (non-hydrogen) atoms. The molecule has 4 heterocycles. The molecule has 176 valence electrons. The van der Waals surface area contributed by atoms with Crippen LogP contribution < -0.4 is 4.72 Å². The minimum atomic E-state index is -3.62. The quantitative estimate of drug-likeness (QED) is 0.424. The van der Waals surface area contributed by atoms with Crippen LogP contribution in [0.2, 0.25) is 0 Å². The van der Waals surface area contributed by atoms with Gasteiger partial charge in [-0.2, -0.15) is 0 Å². The number of carbonyl (C=O) groups is 1. The van der Waals surface area contributed by atoms with Crippen molar-refractivity contribution < 1.29 is 13.2 Å². The number of nitrogens with zero attached hydrogens (tertiary/aromatic N) is 4. The second-order valence-corrected chi connectivity index (χ2v) is 11.1. The third-order valence-corrected chi connectivity index (χ3v) is 8.56. The van der Waals surface area contributed by atoms with Crippen molar-refractivity contribution in [2.75, 3.05) is 19.6 Å². The smallest absolute Gasteiger partial charge is 0.253 e. The molecule has 0 atom stereocenters. The Hall–Kier alpha value is -3.08. The molecule has 10 heteroatoms. The number of amides is 1. The van der Waals surface area contributed by atoms with E-state index in [2.05, 4.69) is 14.9 Å². The van der Waals surface area contributed by atoms with Crippen molar-refractivity contribution in [1.82, 2.24) is 24.2 Å². The highest BCUT2D eigenvalue weighted by Crippen LogP contribution is 2.28. The zero-order valence-electron chi connectivity index (χ0n) is 18.5. The summed E-state index contributed by atoms with van der Waals surface area (Å²) in [5.74, 6) is 1.09. The van der Waals surface area contributed by atoms with Gasteiger partial charge in [-0.15, -0.1) is 21.5 Å². The Morgan fingerprint density at radius 1 is 1.03 bits per heavy atom. The second-order valence-electron chi connectivity index (χ2n) is 8.31. The Morgan fingerprint density at radius 2 is 1.82 bits per heavy atom. The molecule has 1 amide bonds. The third kappa shape index (κ3) is 4.75. The van der Waals surface area contributed by atoms with Crippen LogP contribution in [-0.2, 0) is 16.4 Å². The maximum atomic E-state index is 13.0. The number of nitrogens with one attached hydrogen (secondary N) is 1. The van der Waals surface area contributed by atoms with E-state index in [9.17, 15) is 13.2 Å². The van der Waals surface area contributed by atoms with Crippen molar-refractivity contribution in [3.05, 3.63) is 82.4 Å². The molecule has 3 aromatic heterocycles. The molecule has 0 unspecified atom stereocenters. The number of thiophene rings is 1. The molecule has 4 aromatic rings. The summed E-state index contributed by atoms with van der Waals surface area (Å²) in [5.41, 5.74) is 1.32. The summed E-state index contributed by atoms with van der Waals surface area (Å²) in [4.78, 5) is 16.1. The van der Waals surface area contributed by atoms with Gasteiger partial charge in [-0.3, -0.25) is 9.20 Å². The molecule has 8 nitrogen and oxygen atoms in total. The van der Waals surface area contributed by atoms with Crippen molar-refractivity contribution in [1.29, 1.82) is 0 Å². The topological polar surface area (TPSA) is 96.7 Å². The molecule has 1 aliphatic heterocycles. The van der Waals surface area contributed by atoms with Crippen LogP contribution in [0.4, 0.5) is 0 Å². The minimum Gasteiger partial charge on any atom is -0.339 e. The van der Waals surface area contributed by atoms with E-state index in [-0.39, 0.29) is 16.7 Å². The molecule has 1 fully saturated rings. The van der Waals surface area contributed by atoms with Gasteiger partial charge in [0.25, 0.3) is 5.91 Å². The van der Waals surface area contributed by atoms with E-state index >= 15 is 0 Å². The van der Waals surface area contributed by atoms with Gasteiger partial charge in [0.2, 0.25) is 10.0 Å². The molecule has 0 aliphatic carbocycles. The van der Waals surface area contributed by atoms with Gasteiger partial charge in [-0.25, -0.2) is 13.1 Å². The van der Waals surface area contributed by atoms with Gasteiger partial charge in [-0.05, 0) is 67.1 Å². The molecule has 1 saturated heterocycles. The van der Waals surface area contributed by atoms with Gasteiger partial charge in [0.1, 0.15) is 5.82 Å². The largest absolute Gasteiger partial charge is 0.339 e. The molecular weight excluding hydrogens is 470 g/mol. The van der Waals surface area contributed by atoms with Crippen molar-refractivity contribution in [3.63, 3.8) is 0 Å². The predicted molar refractivity (Wildman–Crippen MR) is 131 cm³/mol. The van der Waals surface area contributed by atoms with Gasteiger partial charge < -0.3 is 4.90 Å². The third-order valence-electron chi connectivity index (χ3n) is 6.14. The van der Waals surface area contributed by atoms with Crippen LogP contribution in [0.25, 0.3) is 5.65 Å². The van der Waals surface area contributed by atoms with Crippen LogP contribution in [0.5, 0.6) is 0 Å². The van der Waals surface area contributed by atoms with Crippen LogP contribution in [0, 0.1) is 0 Å². The Kier molecular flexibility index (Phi) is 6.44. The number of likely N-dealkylation sites (tertiary alicyclic amines) is 1. The molecule has 1 aromatic carbocycles. The fourth-order valence-corrected chi connectivity index (χ4v) is 6.03. The lowest BCUT2D eigenvalue weighted by Gasteiger charge is -2.31. The zero-order valence-corrected chi connectivity index (χ0v) is 20.1. The average Bonchev–Trinajstić information content (AvgIpc) is 3.54. The molecule has 0 radical (unpaired) electrons. The standard InChI is InChI=1S/C24H25N5O3S2/c30-24(28-15-11-18(12-16-28)23-27-26-22-5-1-2-14-29(22)23)19-6-8-21(9-7-19)34(31,32)25-13-10-20-4-3-17-33-20/h1-9,14,17-18,25H,10-13,15-16H2. The Labute approximate surface area is 202 Å². The molecule has 0 spiro atoms. The lowest BCUT2D eigenvalue weighted by Crippen LogP contribution is -2.38. The maximum Gasteiger partial charge on any atom is 0.253 e. The summed E-state index contributed by atoms with van der Waals surface area (Å²) in [6, 6.07) is 15.9. The number of hydrogen-bond donors (Lipinski definition) is 1. The number of hydrogen-bond acceptors (Lipinski definition) is 6. The summed E-state index contributed by atoms with van der Waals surface area (Å²) in [6.07, 6.45) is 4.23. The molecule has 0 saturated carbocycles. The molecule has 5 rings (SSSR count). The van der Waals surface area contributed by atoms with E-state index in [1.807, 2.05) is 51.2 Å². The van der Waals surface area contributed by atoms with Crippen LogP contribution in [0.15, 0.2) is 71.1 Å². The first-order valence-electron chi connectivity index (χ1n) is 11.2. The van der Waals surface area contributed by atoms with Crippen molar-refractivity contribution >= 4 is 32.9 Å². The van der Waals surface area contributed by atoms with E-state index in [0.29, 0.717) is 31.6 Å². The lowest BCUT2D eigenvalue weighted by molar-refractivity contribution is 0.0710. The van der Waals surface area contributed by atoms with Crippen LogP contribution >= 0.6 is 11.3 Å². The summed E-state index contributed by atoms with van der Waals surface area (Å²) in [7, 11) is -3.62. The van der Waals surface area contributed by atoms with E-state index in [4.69, 9.17) is 0 Å². The zero-order chi connectivity index (χ0) is 23.5. The molecule has 0 bridgehead atoms. The van der Waals surface area contributed by atoms with Gasteiger partial charge in [-0.1, -0.05) is 12.1 Å². The van der Waals surface area contributed by atoms with Crippen LogP contribution in [0.3, 0.4) is 0 Å². The molecule has 1 aliphatic rings. The Balaban J connectivity index is 1.18. The van der Waals surface area contributed by atoms with Crippen LogP contribution in [0.1, 0.15) is 39.8 Å². The van der Waals surface area contributed by atoms with E-state index in [1.165, 1.54) is 12.1 Å². The number of sulfonamides is 1. The fourth-order valence-electron chi connectivity index (χ4n) is 4.29. The number of benzene rings is 1. The average molecular weight is 496 g/mol. The van der Waals surface area contributed by atoms with Crippen molar-refractivity contribution in [3.8, 4) is 0 Å². The summed E-state index contributed by atoms with van der Waals surface area (Å²) < 4.78 is 29.8. The van der Waals surface area contributed by atoms with Crippen molar-refractivity contribution in [2.24, 2.45) is 0 Å². The number of fused-ring (bicyclic) bond motifs is 1. The number of carbonyl (C=O) groups excluding carboxylic acids is 1. The highest BCUT2D eigenvalue weighted by atomic mass is 32.2. The number of pyridine rings is 1. The summed E-state index contributed by atoms with van der Waals surface area (Å²) >= 11 is 1.60. The monoisotopic (exact) mass is 495 g/mol. The number of rotatable bonds is 7. The van der Waals surface area contributed by atoms with Crippen molar-refractivity contribution in [2.45, 2.75) is 30.1 Å². The van der Waals surface area contributed by atoms with Gasteiger partial charge in [0.05, 0.1) is 4.90 Å². The first-order valence-corrected chi connectivity index (χ1v) is 13.6. The van der Waals surface area contributed by atoms with Crippen LogP contribution in [-0.4, -0.2) is 53.5 Å². The highest BCUT2D eigenvalue weighted by Gasteiger charge is 2.27. The van der Waals surface area contributed by atoms with E-state index in [1.54, 1.807) is 23.5 Å². The van der Waals surface area contributed by atoms with Gasteiger partial charge >= 0.3 is 0 Å². The highest BCUT2D eigenvalue weighted by molar-refractivity contribution is 7.89. The first-order chi connectivity index (χ1) is 16.5. The maximum absolute atomic E-state index is 13.0. The Morgan fingerprint density at radius 3 is 2.56 bits per heavy atom. The molecular formula is C24H25N5O3S2.